The lowest BCUT2D eigenvalue weighted by Crippen LogP contribution is -2.40. The molecule has 0 spiro atoms. The Morgan fingerprint density at radius 2 is 2.04 bits per heavy atom. The van der Waals surface area contributed by atoms with E-state index in [4.69, 9.17) is 5.73 Å². The van der Waals surface area contributed by atoms with Gasteiger partial charge in [0.15, 0.2) is 0 Å². The van der Waals surface area contributed by atoms with E-state index >= 15 is 0 Å². The summed E-state index contributed by atoms with van der Waals surface area (Å²) in [5.74, 6) is -0.673. The van der Waals surface area contributed by atoms with Gasteiger partial charge in [-0.1, -0.05) is 17.3 Å². The summed E-state index contributed by atoms with van der Waals surface area (Å²) in [4.78, 5) is 27.9. The Balaban J connectivity index is 1.64. The van der Waals surface area contributed by atoms with Crippen LogP contribution in [0.4, 0.5) is 0 Å². The highest BCUT2D eigenvalue weighted by Crippen LogP contribution is 2.12. The van der Waals surface area contributed by atoms with E-state index in [9.17, 15) is 9.59 Å². The van der Waals surface area contributed by atoms with Gasteiger partial charge < -0.3 is 15.5 Å². The third-order valence-corrected chi connectivity index (χ3v) is 4.44. The Morgan fingerprint density at radius 1 is 1.25 bits per heavy atom. The molecule has 1 fully saturated rings. The molecule has 0 radical (unpaired) electrons. The second-order valence-corrected chi connectivity index (χ2v) is 6.25. The highest BCUT2D eigenvalue weighted by atomic mass is 16.2. The van der Waals surface area contributed by atoms with Crippen molar-refractivity contribution in [3.05, 3.63) is 24.3 Å². The summed E-state index contributed by atoms with van der Waals surface area (Å²) in [5, 5.41) is 8.19. The molecular weight excluding hydrogens is 308 g/mol. The van der Waals surface area contributed by atoms with Gasteiger partial charge in [-0.05, 0) is 19.2 Å². The average molecular weight is 330 g/mol. The summed E-state index contributed by atoms with van der Waals surface area (Å²) in [6.07, 6.45) is 0.322. The number of benzene rings is 1. The topological polar surface area (TPSA) is 97.3 Å². The van der Waals surface area contributed by atoms with Gasteiger partial charge in [0.2, 0.25) is 11.8 Å². The maximum Gasteiger partial charge on any atom is 0.224 e. The van der Waals surface area contributed by atoms with Crippen LogP contribution in [-0.2, 0) is 16.1 Å². The van der Waals surface area contributed by atoms with Crippen LogP contribution in [0, 0.1) is 5.92 Å². The third kappa shape index (κ3) is 3.53. The smallest absolute Gasteiger partial charge is 0.224 e. The summed E-state index contributed by atoms with van der Waals surface area (Å²) >= 11 is 0. The molecule has 2 N–H and O–H groups in total. The van der Waals surface area contributed by atoms with Crippen molar-refractivity contribution in [2.24, 2.45) is 11.7 Å². The van der Waals surface area contributed by atoms with Crippen LogP contribution in [-0.4, -0.2) is 69.8 Å². The largest absolute Gasteiger partial charge is 0.369 e. The molecule has 2 amide bonds. The van der Waals surface area contributed by atoms with Crippen LogP contribution in [0.15, 0.2) is 24.3 Å². The zero-order valence-electron chi connectivity index (χ0n) is 13.8. The zero-order valence-corrected chi connectivity index (χ0v) is 13.8. The summed E-state index contributed by atoms with van der Waals surface area (Å²) in [7, 11) is 1.94. The van der Waals surface area contributed by atoms with Crippen LogP contribution in [0.5, 0.6) is 0 Å². The number of nitrogens with zero attached hydrogens (tertiary/aromatic N) is 5. The van der Waals surface area contributed by atoms with Gasteiger partial charge in [0.25, 0.3) is 0 Å². The first kappa shape index (κ1) is 16.4. The number of carbonyl (C=O) groups excluding carboxylic acids is 2. The molecule has 8 nitrogen and oxygen atoms in total. The number of likely N-dealkylation sites (N-methyl/N-ethyl adjacent to an activating group) is 1. The molecule has 0 unspecified atom stereocenters. The standard InChI is InChI=1S/C16H22N6O2/c1-20-8-9-21(11-12(10-20)16(17)24)15(23)6-7-22-14-5-3-2-4-13(14)18-19-22/h2-5,12H,6-11H2,1H3,(H2,17,24)/t12-/m1/s1. The lowest BCUT2D eigenvalue weighted by molar-refractivity contribution is -0.132. The zero-order chi connectivity index (χ0) is 17.1. The number of rotatable bonds is 4. The van der Waals surface area contributed by atoms with E-state index in [1.807, 2.05) is 36.2 Å². The van der Waals surface area contributed by atoms with Crippen LogP contribution in [0.1, 0.15) is 6.42 Å². The van der Waals surface area contributed by atoms with E-state index in [2.05, 4.69) is 10.3 Å². The van der Waals surface area contributed by atoms with Crippen molar-refractivity contribution in [1.82, 2.24) is 24.8 Å². The van der Waals surface area contributed by atoms with Crippen LogP contribution >= 0.6 is 0 Å². The maximum atomic E-state index is 12.6. The van der Waals surface area contributed by atoms with Gasteiger partial charge in [-0.3, -0.25) is 9.59 Å². The minimum absolute atomic E-state index is 0.0103. The molecule has 0 saturated carbocycles. The van der Waals surface area contributed by atoms with Gasteiger partial charge in [0.05, 0.1) is 18.0 Å². The fourth-order valence-corrected chi connectivity index (χ4v) is 3.02. The van der Waals surface area contributed by atoms with E-state index in [0.717, 1.165) is 17.6 Å². The van der Waals surface area contributed by atoms with Crippen LogP contribution in [0.3, 0.4) is 0 Å². The molecule has 0 bridgehead atoms. The average Bonchev–Trinajstić information content (AvgIpc) is 2.87. The van der Waals surface area contributed by atoms with Gasteiger partial charge in [0.1, 0.15) is 5.52 Å². The first-order chi connectivity index (χ1) is 11.5. The van der Waals surface area contributed by atoms with Crippen molar-refractivity contribution in [2.45, 2.75) is 13.0 Å². The van der Waals surface area contributed by atoms with Crippen molar-refractivity contribution in [3.8, 4) is 0 Å². The molecule has 3 rings (SSSR count). The Hall–Kier alpha value is -2.48. The Morgan fingerprint density at radius 3 is 2.83 bits per heavy atom. The number of primary amides is 1. The van der Waals surface area contributed by atoms with Crippen molar-refractivity contribution in [3.63, 3.8) is 0 Å². The number of hydrogen-bond acceptors (Lipinski definition) is 5. The van der Waals surface area contributed by atoms with Gasteiger partial charge in [-0.25, -0.2) is 4.68 Å². The molecule has 24 heavy (non-hydrogen) atoms. The Labute approximate surface area is 140 Å². The molecule has 1 aromatic carbocycles. The molecule has 128 valence electrons. The van der Waals surface area contributed by atoms with Crippen LogP contribution in [0.2, 0.25) is 0 Å². The number of para-hydroxylation sites is 1. The number of hydrogen-bond donors (Lipinski definition) is 1. The quantitative estimate of drug-likeness (QED) is 0.830. The van der Waals surface area contributed by atoms with Crippen molar-refractivity contribution in [1.29, 1.82) is 0 Å². The number of aryl methyl sites for hydroxylation is 1. The molecule has 1 aromatic heterocycles. The molecule has 2 heterocycles. The van der Waals surface area contributed by atoms with Crippen LogP contribution in [0.25, 0.3) is 11.0 Å². The van der Waals surface area contributed by atoms with Crippen molar-refractivity contribution < 1.29 is 9.59 Å². The van der Waals surface area contributed by atoms with Crippen molar-refractivity contribution >= 4 is 22.8 Å². The first-order valence-corrected chi connectivity index (χ1v) is 8.08. The second-order valence-electron chi connectivity index (χ2n) is 6.25. The number of amides is 2. The van der Waals surface area contributed by atoms with Gasteiger partial charge in [0, 0.05) is 32.6 Å². The number of nitrogens with two attached hydrogens (primary N) is 1. The predicted octanol–water partition coefficient (Wildman–Crippen LogP) is -0.303. The second kappa shape index (κ2) is 6.96. The SMILES string of the molecule is CN1CCN(C(=O)CCn2nnc3ccccc32)C[C@H](C(N)=O)C1. The molecular formula is C16H22N6O2. The predicted molar refractivity (Wildman–Crippen MR) is 88.9 cm³/mol. The molecule has 2 aromatic rings. The summed E-state index contributed by atoms with van der Waals surface area (Å²) < 4.78 is 1.74. The number of carbonyl (C=O) groups is 2. The fourth-order valence-electron chi connectivity index (χ4n) is 3.02. The highest BCUT2D eigenvalue weighted by molar-refractivity contribution is 5.80. The third-order valence-electron chi connectivity index (χ3n) is 4.44. The summed E-state index contributed by atoms with van der Waals surface area (Å²) in [6, 6.07) is 7.66. The highest BCUT2D eigenvalue weighted by Gasteiger charge is 2.27. The van der Waals surface area contributed by atoms with Crippen LogP contribution < -0.4 is 5.73 Å². The Bertz CT molecular complexity index is 743. The molecule has 1 aliphatic heterocycles. The van der Waals surface area contributed by atoms with Gasteiger partial charge in [-0.15, -0.1) is 5.10 Å². The molecule has 1 atom stereocenters. The minimum Gasteiger partial charge on any atom is -0.369 e. The van der Waals surface area contributed by atoms with E-state index in [1.165, 1.54) is 0 Å². The number of aromatic nitrogens is 3. The van der Waals surface area contributed by atoms with E-state index < -0.39 is 0 Å². The fraction of sp³-hybridized carbons (Fsp3) is 0.500. The number of fused-ring (bicyclic) bond motifs is 1. The van der Waals surface area contributed by atoms with Crippen molar-refractivity contribution in [2.75, 3.05) is 33.2 Å². The summed E-state index contributed by atoms with van der Waals surface area (Å²) in [6.45, 7) is 2.79. The Kier molecular flexibility index (Phi) is 4.75. The maximum absolute atomic E-state index is 12.6. The van der Waals surface area contributed by atoms with Gasteiger partial charge >= 0.3 is 0 Å². The monoisotopic (exact) mass is 330 g/mol. The van der Waals surface area contributed by atoms with E-state index in [-0.39, 0.29) is 17.7 Å². The molecule has 8 heteroatoms. The van der Waals surface area contributed by atoms with Gasteiger partial charge in [-0.2, -0.15) is 0 Å². The van der Waals surface area contributed by atoms with E-state index in [0.29, 0.717) is 32.6 Å². The normalized spacial score (nSPS) is 19.4. The first-order valence-electron chi connectivity index (χ1n) is 8.08. The molecule has 1 saturated heterocycles. The summed E-state index contributed by atoms with van der Waals surface area (Å²) in [5.41, 5.74) is 7.18. The molecule has 0 aliphatic carbocycles. The minimum atomic E-state index is -0.358. The lowest BCUT2D eigenvalue weighted by atomic mass is 10.1. The molecule has 1 aliphatic rings. The van der Waals surface area contributed by atoms with E-state index in [1.54, 1.807) is 9.58 Å². The lowest BCUT2D eigenvalue weighted by Gasteiger charge is -2.22.